The number of aromatic nitrogens is 1. The highest BCUT2D eigenvalue weighted by atomic mass is 79.9. The Hall–Kier alpha value is -1.14. The number of nitrogens with one attached hydrogen (secondary N) is 1. The summed E-state index contributed by atoms with van der Waals surface area (Å²) in [4.78, 5) is 24.8. The third-order valence-electron chi connectivity index (χ3n) is 2.14. The zero-order chi connectivity index (χ0) is 11.9. The standard InChI is InChI=1S/C10H5Br2NO3/c11-5-1-2-6(12)8-4(5)3-7(10(15)16)13-9(8)14/h1-3H,(H,13,14)(H,15,16). The molecule has 0 atom stereocenters. The van der Waals surface area contributed by atoms with Crippen molar-refractivity contribution >= 4 is 48.6 Å². The summed E-state index contributed by atoms with van der Waals surface area (Å²) in [6.07, 6.45) is 0. The smallest absolute Gasteiger partial charge is 0.352 e. The monoisotopic (exact) mass is 345 g/mol. The van der Waals surface area contributed by atoms with E-state index in [4.69, 9.17) is 5.11 Å². The van der Waals surface area contributed by atoms with Gasteiger partial charge in [-0.25, -0.2) is 4.79 Å². The number of aromatic amines is 1. The van der Waals surface area contributed by atoms with Crippen LogP contribution in [0.15, 0.2) is 31.9 Å². The van der Waals surface area contributed by atoms with Crippen LogP contribution in [0.5, 0.6) is 0 Å². The average Bonchev–Trinajstić information content (AvgIpc) is 2.22. The highest BCUT2D eigenvalue weighted by molar-refractivity contribution is 9.11. The second-order valence-corrected chi connectivity index (χ2v) is 4.84. The number of carboxylic acids is 1. The van der Waals surface area contributed by atoms with Crippen LogP contribution < -0.4 is 5.56 Å². The average molecular weight is 347 g/mol. The van der Waals surface area contributed by atoms with Gasteiger partial charge in [0.25, 0.3) is 5.56 Å². The van der Waals surface area contributed by atoms with Gasteiger partial charge in [0.05, 0.1) is 5.39 Å². The van der Waals surface area contributed by atoms with Gasteiger partial charge in [-0.2, -0.15) is 0 Å². The molecule has 4 nitrogen and oxygen atoms in total. The van der Waals surface area contributed by atoms with Crippen molar-refractivity contribution in [1.29, 1.82) is 0 Å². The van der Waals surface area contributed by atoms with Crippen LogP contribution in [-0.4, -0.2) is 16.1 Å². The van der Waals surface area contributed by atoms with Gasteiger partial charge in [0.15, 0.2) is 0 Å². The van der Waals surface area contributed by atoms with E-state index < -0.39 is 11.5 Å². The summed E-state index contributed by atoms with van der Waals surface area (Å²) in [5, 5.41) is 9.83. The quantitative estimate of drug-likeness (QED) is 0.834. The maximum Gasteiger partial charge on any atom is 0.352 e. The molecule has 1 heterocycles. The van der Waals surface area contributed by atoms with Gasteiger partial charge in [-0.1, -0.05) is 15.9 Å². The first-order chi connectivity index (χ1) is 7.50. The molecule has 0 radical (unpaired) electrons. The minimum Gasteiger partial charge on any atom is -0.477 e. The number of fused-ring (bicyclic) bond motifs is 1. The molecule has 1 aromatic heterocycles. The first-order valence-electron chi connectivity index (χ1n) is 4.25. The van der Waals surface area contributed by atoms with Crippen LogP contribution in [0.2, 0.25) is 0 Å². The minimum atomic E-state index is -1.16. The summed E-state index contributed by atoms with van der Waals surface area (Å²) in [5.41, 5.74) is -0.556. The van der Waals surface area contributed by atoms with Crippen LogP contribution in [0, 0.1) is 0 Å². The van der Waals surface area contributed by atoms with Gasteiger partial charge in [-0.3, -0.25) is 4.79 Å². The van der Waals surface area contributed by atoms with Crippen molar-refractivity contribution in [3.8, 4) is 0 Å². The lowest BCUT2D eigenvalue weighted by atomic mass is 10.1. The number of halogens is 2. The van der Waals surface area contributed by atoms with Crippen molar-refractivity contribution in [2.75, 3.05) is 0 Å². The maximum atomic E-state index is 11.7. The van der Waals surface area contributed by atoms with Gasteiger partial charge >= 0.3 is 5.97 Å². The summed E-state index contributed by atoms with van der Waals surface area (Å²) in [7, 11) is 0. The number of hydrogen-bond acceptors (Lipinski definition) is 2. The summed E-state index contributed by atoms with van der Waals surface area (Å²) in [5.74, 6) is -1.16. The second kappa shape index (κ2) is 4.03. The molecule has 0 amide bonds. The second-order valence-electron chi connectivity index (χ2n) is 3.14. The Bertz CT molecular complexity index is 648. The van der Waals surface area contributed by atoms with E-state index in [1.54, 1.807) is 12.1 Å². The summed E-state index contributed by atoms with van der Waals surface area (Å²) in [6, 6.07) is 4.90. The lowest BCUT2D eigenvalue weighted by Crippen LogP contribution is -2.13. The van der Waals surface area contributed by atoms with Crippen molar-refractivity contribution in [1.82, 2.24) is 4.98 Å². The first kappa shape index (κ1) is 11.3. The third kappa shape index (κ3) is 1.78. The number of H-pyrrole nitrogens is 1. The van der Waals surface area contributed by atoms with Crippen LogP contribution in [0.4, 0.5) is 0 Å². The molecule has 0 saturated heterocycles. The molecular weight excluding hydrogens is 342 g/mol. The van der Waals surface area contributed by atoms with Crippen LogP contribution in [0.25, 0.3) is 10.8 Å². The Labute approximate surface area is 107 Å². The Morgan fingerprint density at radius 1 is 1.25 bits per heavy atom. The Balaban J connectivity index is 2.98. The topological polar surface area (TPSA) is 70.2 Å². The number of carboxylic acid groups (broad SMARTS) is 1. The van der Waals surface area contributed by atoms with Crippen LogP contribution in [0.3, 0.4) is 0 Å². The number of benzene rings is 1. The zero-order valence-corrected chi connectivity index (χ0v) is 10.9. The maximum absolute atomic E-state index is 11.7. The normalized spacial score (nSPS) is 10.6. The van der Waals surface area contributed by atoms with E-state index in [1.807, 2.05) is 0 Å². The minimum absolute atomic E-state index is 0.128. The molecule has 0 fully saturated rings. The Morgan fingerprint density at radius 3 is 2.50 bits per heavy atom. The van der Waals surface area contributed by atoms with E-state index in [-0.39, 0.29) is 5.69 Å². The first-order valence-corrected chi connectivity index (χ1v) is 5.83. The van der Waals surface area contributed by atoms with E-state index in [1.165, 1.54) is 6.07 Å². The van der Waals surface area contributed by atoms with Gasteiger partial charge in [0.2, 0.25) is 0 Å². The molecule has 2 N–H and O–H groups in total. The molecular formula is C10H5Br2NO3. The number of aromatic carboxylic acids is 1. The van der Waals surface area contributed by atoms with E-state index in [0.717, 1.165) is 0 Å². The Morgan fingerprint density at radius 2 is 1.88 bits per heavy atom. The molecule has 0 aliphatic carbocycles. The van der Waals surface area contributed by atoms with Crippen LogP contribution >= 0.6 is 31.9 Å². The van der Waals surface area contributed by atoms with Gasteiger partial charge in [-0.05, 0) is 34.1 Å². The van der Waals surface area contributed by atoms with E-state index >= 15 is 0 Å². The summed E-state index contributed by atoms with van der Waals surface area (Å²) in [6.45, 7) is 0. The molecule has 1 aromatic carbocycles. The zero-order valence-electron chi connectivity index (χ0n) is 7.75. The Kier molecular flexibility index (Phi) is 2.86. The van der Waals surface area contributed by atoms with E-state index in [2.05, 4.69) is 36.8 Å². The number of rotatable bonds is 1. The van der Waals surface area contributed by atoms with Crippen LogP contribution in [-0.2, 0) is 0 Å². The molecule has 2 aromatic rings. The fourth-order valence-electron chi connectivity index (χ4n) is 1.42. The van der Waals surface area contributed by atoms with Crippen molar-refractivity contribution in [2.45, 2.75) is 0 Å². The van der Waals surface area contributed by atoms with Gasteiger partial charge in [0, 0.05) is 14.3 Å². The SMILES string of the molecule is O=C(O)c1cc2c(Br)ccc(Br)c2c(=O)[nH]1. The molecule has 0 spiro atoms. The highest BCUT2D eigenvalue weighted by Gasteiger charge is 2.11. The molecule has 0 aliphatic rings. The van der Waals surface area contributed by atoms with Crippen LogP contribution in [0.1, 0.15) is 10.5 Å². The fraction of sp³-hybridized carbons (Fsp3) is 0. The molecule has 0 bridgehead atoms. The largest absolute Gasteiger partial charge is 0.477 e. The van der Waals surface area contributed by atoms with Gasteiger partial charge in [0.1, 0.15) is 5.69 Å². The van der Waals surface area contributed by atoms with E-state index in [0.29, 0.717) is 19.7 Å². The predicted molar refractivity (Wildman–Crippen MR) is 66.9 cm³/mol. The molecule has 2 rings (SSSR count). The number of carbonyl (C=O) groups is 1. The fourth-order valence-corrected chi connectivity index (χ4v) is 2.39. The van der Waals surface area contributed by atoms with Gasteiger partial charge in [-0.15, -0.1) is 0 Å². The molecule has 16 heavy (non-hydrogen) atoms. The van der Waals surface area contributed by atoms with Gasteiger partial charge < -0.3 is 10.1 Å². The predicted octanol–water partition coefficient (Wildman–Crippen LogP) is 2.75. The molecule has 0 aliphatic heterocycles. The van der Waals surface area contributed by atoms with E-state index in [9.17, 15) is 9.59 Å². The number of pyridine rings is 1. The third-order valence-corrected chi connectivity index (χ3v) is 3.49. The lowest BCUT2D eigenvalue weighted by Gasteiger charge is -2.03. The lowest BCUT2D eigenvalue weighted by molar-refractivity contribution is 0.0690. The molecule has 6 heteroatoms. The van der Waals surface area contributed by atoms with Crippen molar-refractivity contribution in [3.05, 3.63) is 43.2 Å². The number of hydrogen-bond donors (Lipinski definition) is 2. The van der Waals surface area contributed by atoms with Crippen molar-refractivity contribution < 1.29 is 9.90 Å². The summed E-state index contributed by atoms with van der Waals surface area (Å²) >= 11 is 6.54. The molecule has 0 saturated carbocycles. The molecule has 82 valence electrons. The van der Waals surface area contributed by atoms with Crippen molar-refractivity contribution in [3.63, 3.8) is 0 Å². The highest BCUT2D eigenvalue weighted by Crippen LogP contribution is 2.27. The molecule has 0 unspecified atom stereocenters. The van der Waals surface area contributed by atoms with Crippen molar-refractivity contribution in [2.24, 2.45) is 0 Å². The summed E-state index contributed by atoms with van der Waals surface area (Å²) < 4.78 is 1.31.